The highest BCUT2D eigenvalue weighted by Gasteiger charge is 2.58. The molecule has 0 unspecified atom stereocenters. The molecule has 0 aromatic heterocycles. The molecule has 1 saturated heterocycles. The number of benzene rings is 2. The van der Waals surface area contributed by atoms with E-state index in [1.165, 1.54) is 63.8 Å². The maximum Gasteiger partial charge on any atom is 0.331 e. The first kappa shape index (κ1) is 38.3. The van der Waals surface area contributed by atoms with E-state index in [4.69, 9.17) is 33.2 Å². The standard InChI is InChI=1S/C35H44O16/c1-35(44)14-24(19-10-11-47-33(28(19)35)51-34-32(43)31(42)30(41)26(16-37)50-34)49-27(39)9-5-17-4-8-21(23(12-17)46-3)48-25(15-36)29(40)18-6-7-20(38)22(13-18)45-2/h4-13,19,24-26,28-34,36-38,40-44H,14-16H2,1-3H3/b9-5+/t19-,24+,25-,26+,28+,29+,30+,31-,32+,33-,34-,35-/m0/s1. The van der Waals surface area contributed by atoms with Crippen LogP contribution in [0.25, 0.3) is 6.08 Å². The molecule has 2 fully saturated rings. The molecule has 0 radical (unpaired) electrons. The molecule has 1 saturated carbocycles. The Hall–Kier alpha value is -3.97. The van der Waals surface area contributed by atoms with Crippen LogP contribution in [0.1, 0.15) is 30.6 Å². The number of fused-ring (bicyclic) bond motifs is 1. The van der Waals surface area contributed by atoms with Gasteiger partial charge >= 0.3 is 5.97 Å². The van der Waals surface area contributed by atoms with Gasteiger partial charge in [0.25, 0.3) is 0 Å². The molecule has 5 rings (SSSR count). The van der Waals surface area contributed by atoms with Gasteiger partial charge in [-0.2, -0.15) is 0 Å². The molecule has 12 atom stereocenters. The Morgan fingerprint density at radius 3 is 2.43 bits per heavy atom. The van der Waals surface area contributed by atoms with E-state index >= 15 is 0 Å². The smallest absolute Gasteiger partial charge is 0.331 e. The van der Waals surface area contributed by atoms with Crippen molar-refractivity contribution in [2.24, 2.45) is 11.8 Å². The van der Waals surface area contributed by atoms with Crippen LogP contribution < -0.4 is 14.2 Å². The number of methoxy groups -OCH3 is 2. The molecule has 3 aliphatic rings. The lowest BCUT2D eigenvalue weighted by atomic mass is 9.85. The molecule has 0 spiro atoms. The van der Waals surface area contributed by atoms with Crippen molar-refractivity contribution in [3.05, 3.63) is 65.9 Å². The molecule has 280 valence electrons. The van der Waals surface area contributed by atoms with E-state index in [0.717, 1.165) is 0 Å². The van der Waals surface area contributed by atoms with E-state index in [9.17, 15) is 45.6 Å². The molecule has 0 amide bonds. The van der Waals surface area contributed by atoms with Crippen molar-refractivity contribution in [2.75, 3.05) is 27.4 Å². The van der Waals surface area contributed by atoms with E-state index in [0.29, 0.717) is 11.1 Å². The lowest BCUT2D eigenvalue weighted by molar-refractivity contribution is -0.346. The Morgan fingerprint density at radius 1 is 1.00 bits per heavy atom. The quantitative estimate of drug-likeness (QED) is 0.0993. The van der Waals surface area contributed by atoms with Crippen LogP contribution in [0, 0.1) is 11.8 Å². The monoisotopic (exact) mass is 720 g/mol. The summed E-state index contributed by atoms with van der Waals surface area (Å²) in [5.41, 5.74) is -0.611. The summed E-state index contributed by atoms with van der Waals surface area (Å²) in [6.07, 6.45) is -6.44. The van der Waals surface area contributed by atoms with Crippen molar-refractivity contribution in [2.45, 2.75) is 74.3 Å². The molecule has 8 N–H and O–H groups in total. The number of aliphatic hydroxyl groups excluding tert-OH is 6. The van der Waals surface area contributed by atoms with Gasteiger partial charge in [-0.3, -0.25) is 0 Å². The SMILES string of the molecule is COc1cc([C@@H](O)[C@H](CO)Oc2ccc(/C=C/C(=O)O[C@@H]3C[C@](C)(O)[C@H]4[C@H](O[C@@H]5O[C@H](CO)[C@@H](O)[C@H](O)[C@H]5O)OC=C[C@H]43)cc2OC)ccc1O. The third kappa shape index (κ3) is 8.25. The minimum Gasteiger partial charge on any atom is -0.504 e. The lowest BCUT2D eigenvalue weighted by Crippen LogP contribution is -2.60. The summed E-state index contributed by atoms with van der Waals surface area (Å²) < 4.78 is 39.0. The average molecular weight is 721 g/mol. The van der Waals surface area contributed by atoms with Crippen LogP contribution in [0.15, 0.2) is 54.8 Å². The fourth-order valence-electron chi connectivity index (χ4n) is 6.59. The number of hydrogen-bond acceptors (Lipinski definition) is 16. The first-order chi connectivity index (χ1) is 24.3. The predicted molar refractivity (Wildman–Crippen MR) is 174 cm³/mol. The average Bonchev–Trinajstić information content (AvgIpc) is 3.39. The Bertz CT molecular complexity index is 1560. The fourth-order valence-corrected chi connectivity index (χ4v) is 6.59. The first-order valence-electron chi connectivity index (χ1n) is 16.2. The van der Waals surface area contributed by atoms with Gasteiger partial charge in [-0.05, 0) is 54.5 Å². The summed E-state index contributed by atoms with van der Waals surface area (Å²) in [6.45, 7) is 0.320. The topological polar surface area (TPSA) is 244 Å². The van der Waals surface area contributed by atoms with Gasteiger partial charge in [0, 0.05) is 18.4 Å². The van der Waals surface area contributed by atoms with Crippen LogP contribution in [-0.4, -0.2) is 129 Å². The molecule has 2 aromatic rings. The number of carbonyl (C=O) groups is 1. The second-order valence-electron chi connectivity index (χ2n) is 12.8. The predicted octanol–water partition coefficient (Wildman–Crippen LogP) is -0.119. The highest BCUT2D eigenvalue weighted by molar-refractivity contribution is 5.87. The number of rotatable bonds is 13. The minimum absolute atomic E-state index is 0.0127. The van der Waals surface area contributed by atoms with Crippen molar-refractivity contribution in [3.8, 4) is 23.0 Å². The van der Waals surface area contributed by atoms with Crippen molar-refractivity contribution in [1.82, 2.24) is 0 Å². The highest BCUT2D eigenvalue weighted by Crippen LogP contribution is 2.48. The molecular weight excluding hydrogens is 676 g/mol. The van der Waals surface area contributed by atoms with Gasteiger partial charge in [0.2, 0.25) is 6.29 Å². The third-order valence-electron chi connectivity index (χ3n) is 9.32. The highest BCUT2D eigenvalue weighted by atomic mass is 16.8. The zero-order valence-electron chi connectivity index (χ0n) is 28.1. The number of hydrogen-bond donors (Lipinski definition) is 8. The van der Waals surface area contributed by atoms with E-state index in [2.05, 4.69) is 0 Å². The van der Waals surface area contributed by atoms with Gasteiger partial charge in [-0.15, -0.1) is 0 Å². The number of aliphatic hydroxyl groups is 7. The van der Waals surface area contributed by atoms with Crippen molar-refractivity contribution >= 4 is 12.0 Å². The Kier molecular flexibility index (Phi) is 12.1. The summed E-state index contributed by atoms with van der Waals surface area (Å²) >= 11 is 0. The Balaban J connectivity index is 1.22. The van der Waals surface area contributed by atoms with E-state index in [-0.39, 0.29) is 29.4 Å². The number of phenolic OH excluding ortho intramolecular Hbond substituents is 1. The van der Waals surface area contributed by atoms with Crippen molar-refractivity contribution in [3.63, 3.8) is 0 Å². The van der Waals surface area contributed by atoms with Gasteiger partial charge < -0.3 is 74.0 Å². The summed E-state index contributed by atoms with van der Waals surface area (Å²) in [6, 6.07) is 8.98. The van der Waals surface area contributed by atoms with Gasteiger partial charge in [-0.1, -0.05) is 12.1 Å². The number of ether oxygens (including phenoxy) is 7. The van der Waals surface area contributed by atoms with Crippen LogP contribution in [0.5, 0.6) is 23.0 Å². The van der Waals surface area contributed by atoms with Crippen molar-refractivity contribution in [1.29, 1.82) is 0 Å². The molecule has 0 bridgehead atoms. The maximum atomic E-state index is 13.0. The minimum atomic E-state index is -1.68. The Labute approximate surface area is 293 Å². The first-order valence-corrected chi connectivity index (χ1v) is 16.2. The van der Waals surface area contributed by atoms with Crippen LogP contribution in [0.2, 0.25) is 0 Å². The molecule has 1 aliphatic carbocycles. The van der Waals surface area contributed by atoms with Gasteiger partial charge in [-0.25, -0.2) is 4.79 Å². The number of esters is 1. The Morgan fingerprint density at radius 2 is 1.75 bits per heavy atom. The molecule has 51 heavy (non-hydrogen) atoms. The largest absolute Gasteiger partial charge is 0.504 e. The molecule has 16 nitrogen and oxygen atoms in total. The fraction of sp³-hybridized carbons (Fsp3) is 0.514. The van der Waals surface area contributed by atoms with Gasteiger partial charge in [0.1, 0.15) is 36.6 Å². The number of phenols is 1. The second kappa shape index (κ2) is 16.1. The summed E-state index contributed by atoms with van der Waals surface area (Å²) in [5.74, 6) is -1.62. The molecule has 2 aromatic carbocycles. The molecule has 16 heteroatoms. The second-order valence-corrected chi connectivity index (χ2v) is 12.8. The zero-order chi connectivity index (χ0) is 37.0. The normalized spacial score (nSPS) is 32.9. The summed E-state index contributed by atoms with van der Waals surface area (Å²) in [5, 5.41) is 82.2. The van der Waals surface area contributed by atoms with E-state index in [1.807, 2.05) is 0 Å². The van der Waals surface area contributed by atoms with Gasteiger partial charge in [0.05, 0.1) is 45.2 Å². The van der Waals surface area contributed by atoms with Gasteiger partial charge in [0.15, 0.2) is 35.4 Å². The zero-order valence-corrected chi connectivity index (χ0v) is 28.1. The van der Waals surface area contributed by atoms with E-state index < -0.39 is 91.9 Å². The molecule has 2 heterocycles. The van der Waals surface area contributed by atoms with Crippen LogP contribution in [0.3, 0.4) is 0 Å². The van der Waals surface area contributed by atoms with Crippen LogP contribution >= 0.6 is 0 Å². The van der Waals surface area contributed by atoms with E-state index in [1.54, 1.807) is 18.2 Å². The van der Waals surface area contributed by atoms with Crippen molar-refractivity contribution < 1.29 is 78.8 Å². The lowest BCUT2D eigenvalue weighted by Gasteiger charge is -2.43. The van der Waals surface area contributed by atoms with Crippen LogP contribution in [-0.2, 0) is 23.7 Å². The maximum absolute atomic E-state index is 13.0. The van der Waals surface area contributed by atoms with Crippen LogP contribution in [0.4, 0.5) is 0 Å². The molecule has 2 aliphatic heterocycles. The number of carbonyl (C=O) groups excluding carboxylic acids is 1. The summed E-state index contributed by atoms with van der Waals surface area (Å²) in [7, 11) is 2.77. The molecular formula is C35H44O16. The third-order valence-corrected chi connectivity index (χ3v) is 9.32. The number of aromatic hydroxyl groups is 1. The summed E-state index contributed by atoms with van der Waals surface area (Å²) in [4.78, 5) is 13.0.